The summed E-state index contributed by atoms with van der Waals surface area (Å²) in [7, 11) is 0. The number of nitrogens with one attached hydrogen (secondary N) is 1. The molecule has 0 radical (unpaired) electrons. The minimum absolute atomic E-state index is 0.0341. The molecule has 0 bridgehead atoms. The molecule has 0 aliphatic carbocycles. The van der Waals surface area contributed by atoms with Crippen LogP contribution in [0.4, 0.5) is 11.4 Å². The second-order valence-corrected chi connectivity index (χ2v) is 5.27. The van der Waals surface area contributed by atoms with Gasteiger partial charge in [0, 0.05) is 24.8 Å². The highest BCUT2D eigenvalue weighted by Crippen LogP contribution is 2.15. The molecule has 2 aromatic carbocycles. The number of aryl methyl sites for hydroxylation is 1. The number of aromatic nitrogens is 4. The van der Waals surface area contributed by atoms with Gasteiger partial charge in [-0.25, -0.2) is 0 Å². The van der Waals surface area contributed by atoms with Crippen LogP contribution in [0.3, 0.4) is 0 Å². The van der Waals surface area contributed by atoms with Crippen LogP contribution in [-0.4, -0.2) is 31.3 Å². The van der Waals surface area contributed by atoms with Crippen LogP contribution in [0.2, 0.25) is 0 Å². The largest absolute Gasteiger partial charge is 0.279 e. The Morgan fingerprint density at radius 2 is 1.92 bits per heavy atom. The summed E-state index contributed by atoms with van der Waals surface area (Å²) < 4.78 is 1.65. The molecule has 126 valence electrons. The third-order valence-corrected chi connectivity index (χ3v) is 3.45. The molecule has 25 heavy (non-hydrogen) atoms. The zero-order chi connectivity index (χ0) is 17.6. The normalized spacial score (nSPS) is 10.9. The van der Waals surface area contributed by atoms with Crippen LogP contribution in [0.5, 0.6) is 0 Å². The molecular weight excluding hydrogens is 322 g/mol. The van der Waals surface area contributed by atoms with Gasteiger partial charge in [-0.15, -0.1) is 5.10 Å². The number of nitrogens with zero attached hydrogens (tertiary/aromatic N) is 6. The van der Waals surface area contributed by atoms with E-state index in [0.717, 1.165) is 11.3 Å². The molecule has 3 rings (SSSR count). The summed E-state index contributed by atoms with van der Waals surface area (Å²) in [5, 5.41) is 26.4. The Balaban J connectivity index is 1.62. The summed E-state index contributed by atoms with van der Waals surface area (Å²) in [6.45, 7) is 2.01. The third kappa shape index (κ3) is 4.02. The van der Waals surface area contributed by atoms with E-state index in [1.54, 1.807) is 23.0 Å². The second kappa shape index (κ2) is 7.30. The highest BCUT2D eigenvalue weighted by molar-refractivity contribution is 5.62. The second-order valence-electron chi connectivity index (χ2n) is 5.27. The van der Waals surface area contributed by atoms with E-state index in [4.69, 9.17) is 0 Å². The van der Waals surface area contributed by atoms with Gasteiger partial charge in [0.2, 0.25) is 0 Å². The maximum atomic E-state index is 10.6. The van der Waals surface area contributed by atoms with Gasteiger partial charge in [0.25, 0.3) is 5.69 Å². The number of rotatable bonds is 6. The quantitative estimate of drug-likeness (QED) is 0.420. The van der Waals surface area contributed by atoms with E-state index >= 15 is 0 Å². The Morgan fingerprint density at radius 1 is 1.20 bits per heavy atom. The molecule has 0 fully saturated rings. The van der Waals surface area contributed by atoms with Gasteiger partial charge in [-0.3, -0.25) is 15.5 Å². The van der Waals surface area contributed by atoms with Crippen molar-refractivity contribution in [2.75, 3.05) is 5.43 Å². The van der Waals surface area contributed by atoms with E-state index in [1.165, 1.54) is 12.1 Å². The van der Waals surface area contributed by atoms with Crippen molar-refractivity contribution >= 4 is 17.6 Å². The first-order chi connectivity index (χ1) is 12.1. The molecule has 1 aromatic heterocycles. The van der Waals surface area contributed by atoms with Gasteiger partial charge in [-0.2, -0.15) is 9.78 Å². The average molecular weight is 337 g/mol. The fraction of sp³-hybridized carbons (Fsp3) is 0.125. The monoisotopic (exact) mass is 337 g/mol. The van der Waals surface area contributed by atoms with Crippen LogP contribution >= 0.6 is 0 Å². The third-order valence-electron chi connectivity index (χ3n) is 3.45. The van der Waals surface area contributed by atoms with Gasteiger partial charge in [0.1, 0.15) is 0 Å². The van der Waals surface area contributed by atoms with Crippen LogP contribution in [0, 0.1) is 17.0 Å². The van der Waals surface area contributed by atoms with Crippen molar-refractivity contribution in [3.63, 3.8) is 0 Å². The van der Waals surface area contributed by atoms with Crippen molar-refractivity contribution in [3.05, 3.63) is 70.0 Å². The lowest BCUT2D eigenvalue weighted by Gasteiger charge is -2.03. The zero-order valence-corrected chi connectivity index (χ0v) is 13.4. The molecule has 0 saturated heterocycles. The Bertz CT molecular complexity index is 886. The maximum Gasteiger partial charge on any atom is 0.269 e. The van der Waals surface area contributed by atoms with Gasteiger partial charge in [-0.1, -0.05) is 17.7 Å². The fourth-order valence-corrected chi connectivity index (χ4v) is 2.12. The van der Waals surface area contributed by atoms with Gasteiger partial charge in [0.05, 0.1) is 16.3 Å². The lowest BCUT2D eigenvalue weighted by atomic mass is 10.2. The molecule has 0 aliphatic heterocycles. The Kier molecular flexibility index (Phi) is 4.74. The van der Waals surface area contributed by atoms with Crippen LogP contribution < -0.4 is 5.43 Å². The fourth-order valence-electron chi connectivity index (χ4n) is 2.12. The number of tetrazole rings is 1. The summed E-state index contributed by atoms with van der Waals surface area (Å²) in [5.41, 5.74) is 5.53. The van der Waals surface area contributed by atoms with Crippen molar-refractivity contribution in [1.82, 2.24) is 20.2 Å². The van der Waals surface area contributed by atoms with Crippen molar-refractivity contribution in [2.45, 2.75) is 13.3 Å². The van der Waals surface area contributed by atoms with Gasteiger partial charge in [0.15, 0.2) is 5.82 Å². The maximum absolute atomic E-state index is 10.6. The number of anilines is 1. The molecule has 0 unspecified atom stereocenters. The summed E-state index contributed by atoms with van der Waals surface area (Å²) in [6.07, 6.45) is 2.07. The lowest BCUT2D eigenvalue weighted by Crippen LogP contribution is -2.04. The molecule has 1 heterocycles. The van der Waals surface area contributed by atoms with Gasteiger partial charge < -0.3 is 0 Å². The molecular formula is C16H15N7O2. The van der Waals surface area contributed by atoms with Gasteiger partial charge in [-0.05, 0) is 41.6 Å². The topological polar surface area (TPSA) is 111 Å². The lowest BCUT2D eigenvalue weighted by molar-refractivity contribution is -0.384. The molecule has 0 spiro atoms. The van der Waals surface area contributed by atoms with Crippen molar-refractivity contribution < 1.29 is 4.92 Å². The van der Waals surface area contributed by atoms with E-state index in [2.05, 4.69) is 26.1 Å². The molecule has 9 nitrogen and oxygen atoms in total. The van der Waals surface area contributed by atoms with E-state index in [1.807, 2.05) is 31.2 Å². The standard InChI is InChI=1S/C16H15N7O2/c1-12-2-6-14(7-3-12)22-16(19-20-21-22)10-11-17-18-13-4-8-15(9-5-13)23(24)25/h2-9,11,18H,10H2,1H3. The number of hydrogen-bond acceptors (Lipinski definition) is 7. The SMILES string of the molecule is Cc1ccc(-n2nnnc2CC=NNc2ccc([N+](=O)[O-])cc2)cc1. The number of hydrogen-bond donors (Lipinski definition) is 1. The van der Waals surface area contributed by atoms with Gasteiger partial charge >= 0.3 is 0 Å². The van der Waals surface area contributed by atoms with Crippen molar-refractivity contribution in [2.24, 2.45) is 5.10 Å². The first kappa shape index (κ1) is 16.2. The highest BCUT2D eigenvalue weighted by Gasteiger charge is 2.07. The predicted octanol–water partition coefficient (Wildman–Crippen LogP) is 2.52. The van der Waals surface area contributed by atoms with Crippen LogP contribution in [0.1, 0.15) is 11.4 Å². The molecule has 0 amide bonds. The highest BCUT2D eigenvalue weighted by atomic mass is 16.6. The van der Waals surface area contributed by atoms with E-state index in [0.29, 0.717) is 17.9 Å². The number of nitro benzene ring substituents is 1. The van der Waals surface area contributed by atoms with Crippen LogP contribution in [0.25, 0.3) is 5.69 Å². The molecule has 3 aromatic rings. The molecule has 1 N–H and O–H groups in total. The first-order valence-corrected chi connectivity index (χ1v) is 7.50. The molecule has 9 heteroatoms. The number of benzene rings is 2. The number of nitro groups is 1. The smallest absolute Gasteiger partial charge is 0.269 e. The molecule has 0 saturated carbocycles. The first-order valence-electron chi connectivity index (χ1n) is 7.50. The molecule has 0 atom stereocenters. The van der Waals surface area contributed by atoms with E-state index in [9.17, 15) is 10.1 Å². The summed E-state index contributed by atoms with van der Waals surface area (Å²) in [4.78, 5) is 10.2. The summed E-state index contributed by atoms with van der Waals surface area (Å²) in [6, 6.07) is 13.9. The zero-order valence-electron chi connectivity index (χ0n) is 13.4. The van der Waals surface area contributed by atoms with E-state index in [-0.39, 0.29) is 5.69 Å². The Hall–Kier alpha value is -3.62. The number of non-ortho nitro benzene ring substituents is 1. The van der Waals surface area contributed by atoms with Crippen molar-refractivity contribution in [3.8, 4) is 5.69 Å². The Morgan fingerprint density at radius 3 is 2.60 bits per heavy atom. The summed E-state index contributed by atoms with van der Waals surface area (Å²) in [5.74, 6) is 0.651. The minimum atomic E-state index is -0.446. The van der Waals surface area contributed by atoms with Crippen LogP contribution in [-0.2, 0) is 6.42 Å². The predicted molar refractivity (Wildman–Crippen MR) is 92.8 cm³/mol. The van der Waals surface area contributed by atoms with Crippen molar-refractivity contribution in [1.29, 1.82) is 0 Å². The van der Waals surface area contributed by atoms with Crippen LogP contribution in [0.15, 0.2) is 53.6 Å². The van der Waals surface area contributed by atoms with E-state index < -0.39 is 4.92 Å². The number of hydrazone groups is 1. The minimum Gasteiger partial charge on any atom is -0.279 e. The Labute approximate surface area is 143 Å². The molecule has 0 aliphatic rings. The average Bonchev–Trinajstić information content (AvgIpc) is 3.08. The summed E-state index contributed by atoms with van der Waals surface area (Å²) >= 11 is 0.